The normalized spacial score (nSPS) is 18.5. The van der Waals surface area contributed by atoms with Gasteiger partial charge in [-0.3, -0.25) is 9.69 Å². The molecule has 26 heavy (non-hydrogen) atoms. The Kier molecular flexibility index (Phi) is 6.68. The molecule has 0 N–H and O–H groups in total. The number of cyclic esters (lactones) is 1. The van der Waals surface area contributed by atoms with Crippen LogP contribution < -0.4 is 0 Å². The molecule has 5 nitrogen and oxygen atoms in total. The van der Waals surface area contributed by atoms with Crippen LogP contribution in [0.4, 0.5) is 4.79 Å². The van der Waals surface area contributed by atoms with E-state index in [0.717, 1.165) is 12.0 Å². The maximum absolute atomic E-state index is 13.0. The summed E-state index contributed by atoms with van der Waals surface area (Å²) in [6, 6.07) is 9.64. The van der Waals surface area contributed by atoms with Gasteiger partial charge in [0.15, 0.2) is 0 Å². The topological polar surface area (TPSA) is 55.8 Å². The summed E-state index contributed by atoms with van der Waals surface area (Å²) in [4.78, 5) is 26.4. The SMILES string of the molecule is CC(C)C[C@@H]([C@@H]1CCC(=O)O1)N(Cc1ccccc1)C(=O)OC(C)(C)C. The molecule has 0 radical (unpaired) electrons. The predicted octanol–water partition coefficient (Wildman–Crippen LogP) is 4.54. The lowest BCUT2D eigenvalue weighted by molar-refractivity contribution is -0.144. The zero-order valence-corrected chi connectivity index (χ0v) is 16.5. The van der Waals surface area contributed by atoms with Gasteiger partial charge in [0.25, 0.3) is 0 Å². The molecule has 1 heterocycles. The van der Waals surface area contributed by atoms with Gasteiger partial charge in [0, 0.05) is 13.0 Å². The molecule has 1 aromatic carbocycles. The van der Waals surface area contributed by atoms with Crippen molar-refractivity contribution in [2.75, 3.05) is 0 Å². The monoisotopic (exact) mass is 361 g/mol. The summed E-state index contributed by atoms with van der Waals surface area (Å²) >= 11 is 0. The Bertz CT molecular complexity index is 606. The van der Waals surface area contributed by atoms with Gasteiger partial charge in [0.1, 0.15) is 11.7 Å². The van der Waals surface area contributed by atoms with Crippen molar-refractivity contribution >= 4 is 12.1 Å². The van der Waals surface area contributed by atoms with Gasteiger partial charge in [-0.25, -0.2) is 4.79 Å². The molecule has 1 aliphatic rings. The molecule has 0 aliphatic carbocycles. The lowest BCUT2D eigenvalue weighted by Crippen LogP contribution is -2.49. The van der Waals surface area contributed by atoms with E-state index in [1.807, 2.05) is 51.1 Å². The first-order valence-corrected chi connectivity index (χ1v) is 9.38. The Balaban J connectivity index is 2.30. The molecule has 0 spiro atoms. The summed E-state index contributed by atoms with van der Waals surface area (Å²) in [5, 5.41) is 0. The molecule has 2 atom stereocenters. The van der Waals surface area contributed by atoms with E-state index in [1.165, 1.54) is 0 Å². The van der Waals surface area contributed by atoms with Crippen LogP contribution in [-0.2, 0) is 20.8 Å². The lowest BCUT2D eigenvalue weighted by atomic mass is 9.95. The Morgan fingerprint density at radius 3 is 2.42 bits per heavy atom. The molecule has 0 unspecified atom stereocenters. The molecule has 1 aliphatic heterocycles. The van der Waals surface area contributed by atoms with E-state index in [0.29, 0.717) is 25.3 Å². The largest absolute Gasteiger partial charge is 0.460 e. The smallest absolute Gasteiger partial charge is 0.410 e. The van der Waals surface area contributed by atoms with Crippen LogP contribution in [0.2, 0.25) is 0 Å². The van der Waals surface area contributed by atoms with E-state index in [1.54, 1.807) is 4.90 Å². The summed E-state index contributed by atoms with van der Waals surface area (Å²) < 4.78 is 11.2. The highest BCUT2D eigenvalue weighted by Gasteiger charge is 2.38. The van der Waals surface area contributed by atoms with E-state index >= 15 is 0 Å². The van der Waals surface area contributed by atoms with Crippen molar-refractivity contribution < 1.29 is 19.1 Å². The molecular weight excluding hydrogens is 330 g/mol. The number of amides is 1. The van der Waals surface area contributed by atoms with E-state index in [9.17, 15) is 9.59 Å². The van der Waals surface area contributed by atoms with Crippen LogP contribution in [-0.4, -0.2) is 34.7 Å². The van der Waals surface area contributed by atoms with Crippen molar-refractivity contribution in [3.05, 3.63) is 35.9 Å². The molecule has 1 aromatic rings. The molecule has 0 bridgehead atoms. The fourth-order valence-electron chi connectivity index (χ4n) is 3.20. The van der Waals surface area contributed by atoms with Crippen LogP contribution in [0.5, 0.6) is 0 Å². The average molecular weight is 361 g/mol. The second-order valence-corrected chi connectivity index (χ2v) is 8.36. The number of rotatable bonds is 6. The summed E-state index contributed by atoms with van der Waals surface area (Å²) in [7, 11) is 0. The van der Waals surface area contributed by atoms with E-state index in [4.69, 9.17) is 9.47 Å². The fraction of sp³-hybridized carbons (Fsp3) is 0.619. The highest BCUT2D eigenvalue weighted by Crippen LogP contribution is 2.28. The molecule has 1 amide bonds. The first-order chi connectivity index (χ1) is 12.2. The summed E-state index contributed by atoms with van der Waals surface area (Å²) in [6.07, 6.45) is 1.16. The first kappa shape index (κ1) is 20.3. The Morgan fingerprint density at radius 2 is 1.92 bits per heavy atom. The standard InChI is InChI=1S/C21H31NO4/c1-15(2)13-17(18-11-12-19(23)25-18)22(20(24)26-21(3,4)5)14-16-9-7-6-8-10-16/h6-10,15,17-18H,11-14H2,1-5H3/t17-,18-/m0/s1. The fourth-order valence-corrected chi connectivity index (χ4v) is 3.20. The van der Waals surface area contributed by atoms with Crippen molar-refractivity contribution in [1.29, 1.82) is 0 Å². The number of esters is 1. The molecule has 1 saturated heterocycles. The number of nitrogens with zero attached hydrogens (tertiary/aromatic N) is 1. The van der Waals surface area contributed by atoms with Crippen LogP contribution in [0.3, 0.4) is 0 Å². The molecule has 5 heteroatoms. The number of carbonyl (C=O) groups is 2. The molecule has 0 saturated carbocycles. The van der Waals surface area contributed by atoms with Crippen molar-refractivity contribution in [3.63, 3.8) is 0 Å². The third kappa shape index (κ3) is 6.04. The van der Waals surface area contributed by atoms with Gasteiger partial charge >= 0.3 is 12.1 Å². The summed E-state index contributed by atoms with van der Waals surface area (Å²) in [5.41, 5.74) is 0.442. The van der Waals surface area contributed by atoms with Crippen molar-refractivity contribution in [1.82, 2.24) is 4.90 Å². The minimum absolute atomic E-state index is 0.187. The van der Waals surface area contributed by atoms with Gasteiger partial charge in [-0.05, 0) is 45.1 Å². The van der Waals surface area contributed by atoms with E-state index in [-0.39, 0.29) is 24.2 Å². The third-order valence-corrected chi connectivity index (χ3v) is 4.28. The van der Waals surface area contributed by atoms with Crippen LogP contribution in [0, 0.1) is 5.92 Å². The Morgan fingerprint density at radius 1 is 1.27 bits per heavy atom. The number of hydrogen-bond acceptors (Lipinski definition) is 4. The molecule has 0 aromatic heterocycles. The summed E-state index contributed by atoms with van der Waals surface area (Å²) in [6.45, 7) is 10.2. The first-order valence-electron chi connectivity index (χ1n) is 9.38. The zero-order chi connectivity index (χ0) is 19.3. The average Bonchev–Trinajstić information content (AvgIpc) is 2.96. The highest BCUT2D eigenvalue weighted by molar-refractivity contribution is 5.72. The minimum Gasteiger partial charge on any atom is -0.460 e. The van der Waals surface area contributed by atoms with Gasteiger partial charge in [0.2, 0.25) is 0 Å². The quantitative estimate of drug-likeness (QED) is 0.698. The maximum Gasteiger partial charge on any atom is 0.410 e. The van der Waals surface area contributed by atoms with Crippen molar-refractivity contribution in [2.45, 2.75) is 78.2 Å². The minimum atomic E-state index is -0.583. The second-order valence-electron chi connectivity index (χ2n) is 8.36. The van der Waals surface area contributed by atoms with Gasteiger partial charge in [-0.2, -0.15) is 0 Å². The van der Waals surface area contributed by atoms with Gasteiger partial charge in [-0.1, -0.05) is 44.2 Å². The molecule has 1 fully saturated rings. The molecule has 144 valence electrons. The number of carbonyl (C=O) groups excluding carboxylic acids is 2. The predicted molar refractivity (Wildman–Crippen MR) is 101 cm³/mol. The van der Waals surface area contributed by atoms with Crippen LogP contribution in [0.25, 0.3) is 0 Å². The third-order valence-electron chi connectivity index (χ3n) is 4.28. The molecular formula is C21H31NO4. The van der Waals surface area contributed by atoms with Crippen LogP contribution in [0.15, 0.2) is 30.3 Å². The van der Waals surface area contributed by atoms with E-state index in [2.05, 4.69) is 13.8 Å². The maximum atomic E-state index is 13.0. The Hall–Kier alpha value is -2.04. The highest BCUT2D eigenvalue weighted by atomic mass is 16.6. The number of hydrogen-bond donors (Lipinski definition) is 0. The van der Waals surface area contributed by atoms with Crippen LogP contribution >= 0.6 is 0 Å². The number of benzene rings is 1. The van der Waals surface area contributed by atoms with Crippen molar-refractivity contribution in [2.24, 2.45) is 5.92 Å². The van der Waals surface area contributed by atoms with Gasteiger partial charge < -0.3 is 9.47 Å². The zero-order valence-electron chi connectivity index (χ0n) is 16.5. The van der Waals surface area contributed by atoms with Crippen LogP contribution in [0.1, 0.15) is 59.4 Å². The second kappa shape index (κ2) is 8.56. The van der Waals surface area contributed by atoms with E-state index < -0.39 is 5.60 Å². The summed E-state index contributed by atoms with van der Waals surface area (Å²) in [5.74, 6) is 0.174. The Labute approximate surface area is 156 Å². The van der Waals surface area contributed by atoms with Crippen molar-refractivity contribution in [3.8, 4) is 0 Å². The van der Waals surface area contributed by atoms with Gasteiger partial charge in [-0.15, -0.1) is 0 Å². The lowest BCUT2D eigenvalue weighted by Gasteiger charge is -2.37. The van der Waals surface area contributed by atoms with Gasteiger partial charge in [0.05, 0.1) is 6.04 Å². The molecule has 2 rings (SSSR count). The number of ether oxygens (including phenoxy) is 2.